The zero-order valence-electron chi connectivity index (χ0n) is 14.7. The second-order valence-electron chi connectivity index (χ2n) is 5.78. The fourth-order valence-electron chi connectivity index (χ4n) is 2.47. The maximum atomic E-state index is 12.5. The van der Waals surface area contributed by atoms with Crippen molar-refractivity contribution < 1.29 is 14.3 Å². The number of methoxy groups -OCH3 is 1. The lowest BCUT2D eigenvalue weighted by Crippen LogP contribution is -2.12. The lowest BCUT2D eigenvalue weighted by molar-refractivity contribution is 0.102. The fourth-order valence-corrected chi connectivity index (χ4v) is 2.47. The largest absolute Gasteiger partial charge is 0.496 e. The smallest absolute Gasteiger partial charge is 0.255 e. The lowest BCUT2D eigenvalue weighted by Gasteiger charge is -2.10. The highest BCUT2D eigenvalue weighted by atomic mass is 16.5. The van der Waals surface area contributed by atoms with Crippen LogP contribution < -0.4 is 14.8 Å². The van der Waals surface area contributed by atoms with E-state index in [2.05, 4.69) is 10.3 Å². The van der Waals surface area contributed by atoms with Gasteiger partial charge in [0.25, 0.3) is 5.91 Å². The van der Waals surface area contributed by atoms with E-state index in [-0.39, 0.29) is 5.91 Å². The van der Waals surface area contributed by atoms with Crippen molar-refractivity contribution in [3.63, 3.8) is 0 Å². The quantitative estimate of drug-likeness (QED) is 0.724. The summed E-state index contributed by atoms with van der Waals surface area (Å²) in [7, 11) is 1.59. The topological polar surface area (TPSA) is 60.5 Å². The maximum absolute atomic E-state index is 12.5. The number of ether oxygens (including phenoxy) is 2. The number of nitrogens with zero attached hydrogens (tertiary/aromatic N) is 1. The van der Waals surface area contributed by atoms with E-state index in [1.54, 1.807) is 31.5 Å². The molecule has 1 aromatic heterocycles. The van der Waals surface area contributed by atoms with Crippen LogP contribution in [0.4, 0.5) is 5.69 Å². The third-order valence-corrected chi connectivity index (χ3v) is 3.88. The van der Waals surface area contributed by atoms with Gasteiger partial charge in [0.05, 0.1) is 12.8 Å². The third-order valence-electron chi connectivity index (χ3n) is 3.88. The van der Waals surface area contributed by atoms with Gasteiger partial charge in [-0.05, 0) is 48.9 Å². The first-order valence-electron chi connectivity index (χ1n) is 8.24. The Labute approximate surface area is 152 Å². The highest BCUT2D eigenvalue weighted by Crippen LogP contribution is 2.22. The van der Waals surface area contributed by atoms with Crippen molar-refractivity contribution in [2.75, 3.05) is 12.4 Å². The number of anilines is 1. The zero-order valence-corrected chi connectivity index (χ0v) is 14.7. The molecule has 3 aromatic rings. The molecule has 26 heavy (non-hydrogen) atoms. The molecule has 0 saturated carbocycles. The molecule has 0 aliphatic rings. The monoisotopic (exact) mass is 348 g/mol. The minimum atomic E-state index is -0.204. The number of rotatable bonds is 6. The Morgan fingerprint density at radius 2 is 1.96 bits per heavy atom. The van der Waals surface area contributed by atoms with Crippen molar-refractivity contribution in [1.82, 2.24) is 4.98 Å². The number of nitrogens with one attached hydrogen (secondary N) is 1. The van der Waals surface area contributed by atoms with Gasteiger partial charge in [-0.3, -0.25) is 9.78 Å². The van der Waals surface area contributed by atoms with Crippen molar-refractivity contribution in [3.8, 4) is 11.5 Å². The van der Waals surface area contributed by atoms with Crippen LogP contribution in [0.2, 0.25) is 0 Å². The number of aryl methyl sites for hydroxylation is 1. The van der Waals surface area contributed by atoms with Crippen LogP contribution in [0.1, 0.15) is 21.6 Å². The number of hydrogen-bond donors (Lipinski definition) is 1. The van der Waals surface area contributed by atoms with Gasteiger partial charge >= 0.3 is 0 Å². The Morgan fingerprint density at radius 3 is 2.73 bits per heavy atom. The molecule has 0 bridgehead atoms. The summed E-state index contributed by atoms with van der Waals surface area (Å²) in [6.45, 7) is 2.30. The number of carbonyl (C=O) groups is 1. The van der Waals surface area contributed by atoms with Crippen LogP contribution in [0.15, 0.2) is 66.9 Å². The van der Waals surface area contributed by atoms with E-state index in [1.165, 1.54) is 0 Å². The van der Waals surface area contributed by atoms with E-state index < -0.39 is 0 Å². The summed E-state index contributed by atoms with van der Waals surface area (Å²) >= 11 is 0. The van der Waals surface area contributed by atoms with Gasteiger partial charge in [-0.2, -0.15) is 0 Å². The molecule has 0 aliphatic heterocycles. The van der Waals surface area contributed by atoms with Crippen molar-refractivity contribution in [2.24, 2.45) is 0 Å². The van der Waals surface area contributed by atoms with Crippen molar-refractivity contribution in [2.45, 2.75) is 13.5 Å². The fraction of sp³-hybridized carbons (Fsp3) is 0.143. The number of amides is 1. The van der Waals surface area contributed by atoms with Crippen LogP contribution in [-0.4, -0.2) is 18.0 Å². The van der Waals surface area contributed by atoms with Crippen LogP contribution in [0.25, 0.3) is 0 Å². The van der Waals surface area contributed by atoms with Gasteiger partial charge in [-0.25, -0.2) is 0 Å². The van der Waals surface area contributed by atoms with Crippen LogP contribution in [0.3, 0.4) is 0 Å². The first-order valence-corrected chi connectivity index (χ1v) is 8.24. The molecule has 0 spiro atoms. The van der Waals surface area contributed by atoms with Gasteiger partial charge in [-0.1, -0.05) is 18.2 Å². The molecule has 0 unspecified atom stereocenters. The Balaban J connectivity index is 1.67. The van der Waals surface area contributed by atoms with E-state index in [1.807, 2.05) is 49.4 Å². The molecule has 5 heteroatoms. The second kappa shape index (κ2) is 8.16. The molecule has 132 valence electrons. The Morgan fingerprint density at radius 1 is 1.08 bits per heavy atom. The molecule has 0 atom stereocenters. The molecule has 0 radical (unpaired) electrons. The van der Waals surface area contributed by atoms with E-state index in [0.717, 1.165) is 11.3 Å². The summed E-state index contributed by atoms with van der Waals surface area (Å²) in [5, 5.41) is 2.88. The summed E-state index contributed by atoms with van der Waals surface area (Å²) in [6, 6.07) is 18.3. The second-order valence-corrected chi connectivity index (χ2v) is 5.78. The average Bonchev–Trinajstić information content (AvgIpc) is 2.68. The van der Waals surface area contributed by atoms with E-state index >= 15 is 0 Å². The molecule has 1 heterocycles. The molecule has 3 rings (SSSR count). The molecule has 0 aliphatic carbocycles. The van der Waals surface area contributed by atoms with Gasteiger partial charge in [-0.15, -0.1) is 0 Å². The minimum absolute atomic E-state index is 0.204. The van der Waals surface area contributed by atoms with Gasteiger partial charge in [0.15, 0.2) is 0 Å². The Hall–Kier alpha value is -3.34. The highest BCUT2D eigenvalue weighted by molar-refractivity contribution is 6.04. The van der Waals surface area contributed by atoms with E-state index in [0.29, 0.717) is 29.4 Å². The highest BCUT2D eigenvalue weighted by Gasteiger charge is 2.09. The summed E-state index contributed by atoms with van der Waals surface area (Å²) in [6.07, 6.45) is 1.73. The van der Waals surface area contributed by atoms with Crippen molar-refractivity contribution in [1.29, 1.82) is 0 Å². The predicted octanol–water partition coefficient (Wildman–Crippen LogP) is 4.23. The minimum Gasteiger partial charge on any atom is -0.496 e. The van der Waals surface area contributed by atoms with Crippen molar-refractivity contribution in [3.05, 3.63) is 83.7 Å². The SMILES string of the molecule is COc1cc(C(=O)Nc2cccc(OCc3ccccn3)c2)ccc1C. The van der Waals surface area contributed by atoms with Crippen LogP contribution in [0.5, 0.6) is 11.5 Å². The molecule has 0 fully saturated rings. The van der Waals surface area contributed by atoms with E-state index in [4.69, 9.17) is 9.47 Å². The number of aromatic nitrogens is 1. The predicted molar refractivity (Wildman–Crippen MR) is 101 cm³/mol. The molecule has 5 nitrogen and oxygen atoms in total. The standard InChI is InChI=1S/C21H20N2O3/c1-15-9-10-16(12-20(15)25-2)21(24)23-17-7-5-8-19(13-17)26-14-18-6-3-4-11-22-18/h3-13H,14H2,1-2H3,(H,23,24). The number of hydrogen-bond acceptors (Lipinski definition) is 4. The number of benzene rings is 2. The van der Waals surface area contributed by atoms with Crippen LogP contribution in [-0.2, 0) is 6.61 Å². The first kappa shape index (κ1) is 17.5. The summed E-state index contributed by atoms with van der Waals surface area (Å²) < 4.78 is 11.0. The maximum Gasteiger partial charge on any atom is 0.255 e. The molecular formula is C21H20N2O3. The van der Waals surface area contributed by atoms with E-state index in [9.17, 15) is 4.79 Å². The third kappa shape index (κ3) is 4.39. The van der Waals surface area contributed by atoms with Crippen LogP contribution in [0, 0.1) is 6.92 Å². The van der Waals surface area contributed by atoms with Crippen LogP contribution >= 0.6 is 0 Å². The average molecular weight is 348 g/mol. The Bertz CT molecular complexity index is 895. The number of pyridine rings is 1. The molecule has 1 amide bonds. The van der Waals surface area contributed by atoms with Gasteiger partial charge in [0, 0.05) is 23.5 Å². The molecule has 0 saturated heterocycles. The molecule has 1 N–H and O–H groups in total. The Kier molecular flexibility index (Phi) is 5.49. The lowest BCUT2D eigenvalue weighted by atomic mass is 10.1. The van der Waals surface area contributed by atoms with Gasteiger partial charge < -0.3 is 14.8 Å². The molecular weight excluding hydrogens is 328 g/mol. The van der Waals surface area contributed by atoms with Gasteiger partial charge in [0.2, 0.25) is 0 Å². The molecule has 2 aromatic carbocycles. The summed E-state index contributed by atoms with van der Waals surface area (Å²) in [4.78, 5) is 16.7. The number of carbonyl (C=O) groups excluding carboxylic acids is 1. The van der Waals surface area contributed by atoms with Crippen molar-refractivity contribution >= 4 is 11.6 Å². The summed E-state index contributed by atoms with van der Waals surface area (Å²) in [5.74, 6) is 1.14. The summed E-state index contributed by atoms with van der Waals surface area (Å²) in [5.41, 5.74) is 3.02. The first-order chi connectivity index (χ1) is 12.7. The van der Waals surface area contributed by atoms with Gasteiger partial charge in [0.1, 0.15) is 18.1 Å². The normalized spacial score (nSPS) is 10.2. The zero-order chi connectivity index (χ0) is 18.4.